The van der Waals surface area contributed by atoms with Crippen molar-refractivity contribution in [1.29, 1.82) is 0 Å². The second-order valence-electron chi connectivity index (χ2n) is 5.90. The molecular formula is C19H21N3O2S. The van der Waals surface area contributed by atoms with Crippen LogP contribution in [0.4, 0.5) is 5.82 Å². The normalized spacial score (nSPS) is 12.0. The molecule has 5 nitrogen and oxygen atoms in total. The van der Waals surface area contributed by atoms with Crippen LogP contribution in [0.5, 0.6) is 5.75 Å². The van der Waals surface area contributed by atoms with Gasteiger partial charge in [0.15, 0.2) is 6.10 Å². The molecule has 0 fully saturated rings. The minimum atomic E-state index is -0.606. The van der Waals surface area contributed by atoms with Crippen molar-refractivity contribution in [1.82, 2.24) is 9.78 Å². The van der Waals surface area contributed by atoms with Crippen LogP contribution in [0.25, 0.3) is 0 Å². The van der Waals surface area contributed by atoms with E-state index in [2.05, 4.69) is 10.4 Å². The Morgan fingerprint density at radius 3 is 2.88 bits per heavy atom. The van der Waals surface area contributed by atoms with E-state index in [9.17, 15) is 4.79 Å². The molecule has 1 N–H and O–H groups in total. The van der Waals surface area contributed by atoms with E-state index >= 15 is 0 Å². The molecule has 2 aromatic heterocycles. The van der Waals surface area contributed by atoms with Crippen LogP contribution < -0.4 is 10.1 Å². The SMILES string of the molecule is Cc1cccc(O[C@H](C)C(=O)Nc2ccnn2Cc2cccs2)c1C. The van der Waals surface area contributed by atoms with Crippen LogP contribution in [0.1, 0.15) is 22.9 Å². The summed E-state index contributed by atoms with van der Waals surface area (Å²) < 4.78 is 7.61. The molecule has 1 atom stereocenters. The summed E-state index contributed by atoms with van der Waals surface area (Å²) in [6.45, 7) is 6.39. The highest BCUT2D eigenvalue weighted by Gasteiger charge is 2.18. The Morgan fingerprint density at radius 1 is 1.28 bits per heavy atom. The maximum absolute atomic E-state index is 12.5. The van der Waals surface area contributed by atoms with E-state index in [4.69, 9.17) is 4.74 Å². The van der Waals surface area contributed by atoms with Gasteiger partial charge in [0.1, 0.15) is 11.6 Å². The smallest absolute Gasteiger partial charge is 0.266 e. The molecule has 2 heterocycles. The third-order valence-electron chi connectivity index (χ3n) is 4.08. The zero-order valence-electron chi connectivity index (χ0n) is 14.5. The number of hydrogen-bond acceptors (Lipinski definition) is 4. The predicted molar refractivity (Wildman–Crippen MR) is 100 cm³/mol. The molecule has 0 aliphatic rings. The number of benzene rings is 1. The monoisotopic (exact) mass is 355 g/mol. The van der Waals surface area contributed by atoms with E-state index in [1.807, 2.05) is 49.6 Å². The summed E-state index contributed by atoms with van der Waals surface area (Å²) >= 11 is 1.66. The van der Waals surface area contributed by atoms with Gasteiger partial charge < -0.3 is 10.1 Å². The second-order valence-corrected chi connectivity index (χ2v) is 6.93. The lowest BCUT2D eigenvalue weighted by atomic mass is 10.1. The van der Waals surface area contributed by atoms with E-state index in [0.717, 1.165) is 16.9 Å². The number of carbonyl (C=O) groups excluding carboxylic acids is 1. The van der Waals surface area contributed by atoms with Gasteiger partial charge in [0.2, 0.25) is 0 Å². The van der Waals surface area contributed by atoms with E-state index < -0.39 is 6.10 Å². The summed E-state index contributed by atoms with van der Waals surface area (Å²) in [6, 6.07) is 11.7. The molecule has 0 saturated heterocycles. The number of aromatic nitrogens is 2. The van der Waals surface area contributed by atoms with Crippen LogP contribution in [0.3, 0.4) is 0 Å². The first kappa shape index (κ1) is 17.2. The predicted octanol–water partition coefficient (Wildman–Crippen LogP) is 4.02. The van der Waals surface area contributed by atoms with E-state index in [1.165, 1.54) is 4.88 Å². The quantitative estimate of drug-likeness (QED) is 0.727. The molecular weight excluding hydrogens is 334 g/mol. The first-order valence-corrected chi connectivity index (χ1v) is 9.00. The van der Waals surface area contributed by atoms with Crippen molar-refractivity contribution in [2.75, 3.05) is 5.32 Å². The largest absolute Gasteiger partial charge is 0.481 e. The highest BCUT2D eigenvalue weighted by Crippen LogP contribution is 2.22. The van der Waals surface area contributed by atoms with E-state index in [-0.39, 0.29) is 5.91 Å². The van der Waals surface area contributed by atoms with E-state index in [1.54, 1.807) is 35.2 Å². The number of ether oxygens (including phenoxy) is 1. The van der Waals surface area contributed by atoms with Crippen LogP contribution >= 0.6 is 11.3 Å². The fourth-order valence-corrected chi connectivity index (χ4v) is 3.12. The summed E-state index contributed by atoms with van der Waals surface area (Å²) in [6.07, 6.45) is 1.07. The van der Waals surface area contributed by atoms with Gasteiger partial charge in [-0.3, -0.25) is 4.79 Å². The van der Waals surface area contributed by atoms with Gasteiger partial charge >= 0.3 is 0 Å². The fraction of sp³-hybridized carbons (Fsp3) is 0.263. The second kappa shape index (κ2) is 7.53. The van der Waals surface area contributed by atoms with Crippen LogP contribution in [0, 0.1) is 13.8 Å². The molecule has 0 aliphatic carbocycles. The van der Waals surface area contributed by atoms with Crippen LogP contribution in [-0.2, 0) is 11.3 Å². The zero-order chi connectivity index (χ0) is 17.8. The molecule has 0 unspecified atom stereocenters. The van der Waals surface area contributed by atoms with Crippen molar-refractivity contribution in [2.45, 2.75) is 33.4 Å². The Hall–Kier alpha value is -2.60. The molecule has 0 radical (unpaired) electrons. The minimum absolute atomic E-state index is 0.200. The van der Waals surface area contributed by atoms with Gasteiger partial charge in [0.05, 0.1) is 12.7 Å². The Bertz CT molecular complexity index is 855. The highest BCUT2D eigenvalue weighted by atomic mass is 32.1. The Labute approximate surface area is 151 Å². The van der Waals surface area contributed by atoms with Crippen LogP contribution in [0.15, 0.2) is 48.0 Å². The molecule has 130 valence electrons. The number of nitrogens with zero attached hydrogens (tertiary/aromatic N) is 2. The maximum atomic E-state index is 12.5. The van der Waals surface area contributed by atoms with Gasteiger partial charge in [-0.15, -0.1) is 11.3 Å². The van der Waals surface area contributed by atoms with Gasteiger partial charge in [-0.1, -0.05) is 18.2 Å². The summed E-state index contributed by atoms with van der Waals surface area (Å²) in [7, 11) is 0. The summed E-state index contributed by atoms with van der Waals surface area (Å²) in [4.78, 5) is 13.7. The Morgan fingerprint density at radius 2 is 2.12 bits per heavy atom. The van der Waals surface area contributed by atoms with Crippen molar-refractivity contribution >= 4 is 23.1 Å². The van der Waals surface area contributed by atoms with Gasteiger partial charge in [-0.2, -0.15) is 5.10 Å². The number of amides is 1. The van der Waals surface area contributed by atoms with Gasteiger partial charge in [0.25, 0.3) is 5.91 Å². The fourth-order valence-electron chi connectivity index (χ4n) is 2.44. The maximum Gasteiger partial charge on any atom is 0.266 e. The number of hydrogen-bond donors (Lipinski definition) is 1. The first-order chi connectivity index (χ1) is 12.0. The molecule has 1 aromatic carbocycles. The molecule has 25 heavy (non-hydrogen) atoms. The third kappa shape index (κ3) is 4.09. The summed E-state index contributed by atoms with van der Waals surface area (Å²) in [5, 5.41) is 9.20. The first-order valence-electron chi connectivity index (χ1n) is 8.12. The third-order valence-corrected chi connectivity index (χ3v) is 4.94. The van der Waals surface area contributed by atoms with Crippen molar-refractivity contribution in [3.8, 4) is 5.75 Å². The van der Waals surface area contributed by atoms with Gasteiger partial charge in [-0.05, 0) is 49.4 Å². The Balaban J connectivity index is 1.66. The number of carbonyl (C=O) groups is 1. The Kier molecular flexibility index (Phi) is 5.19. The number of nitrogens with one attached hydrogen (secondary N) is 1. The van der Waals surface area contributed by atoms with Crippen molar-refractivity contribution in [2.24, 2.45) is 0 Å². The molecule has 6 heteroatoms. The average Bonchev–Trinajstić information content (AvgIpc) is 3.25. The standard InChI is InChI=1S/C19H21N3O2S/c1-13-6-4-8-17(14(13)2)24-15(3)19(23)21-18-9-10-20-22(18)12-16-7-5-11-25-16/h4-11,15H,12H2,1-3H3,(H,21,23)/t15-/m1/s1. The number of thiophene rings is 1. The van der Waals surface area contributed by atoms with Gasteiger partial charge in [-0.25, -0.2) is 4.68 Å². The lowest BCUT2D eigenvalue weighted by Gasteiger charge is -2.17. The molecule has 0 spiro atoms. The van der Waals surface area contributed by atoms with Crippen molar-refractivity contribution < 1.29 is 9.53 Å². The number of anilines is 1. The molecule has 0 aliphatic heterocycles. The molecule has 0 bridgehead atoms. The van der Waals surface area contributed by atoms with Crippen LogP contribution in [0.2, 0.25) is 0 Å². The number of rotatable bonds is 6. The van der Waals surface area contributed by atoms with Crippen molar-refractivity contribution in [3.05, 3.63) is 64.0 Å². The minimum Gasteiger partial charge on any atom is -0.481 e. The number of aryl methyl sites for hydroxylation is 1. The van der Waals surface area contributed by atoms with Crippen LogP contribution in [-0.4, -0.2) is 21.8 Å². The average molecular weight is 355 g/mol. The topological polar surface area (TPSA) is 56.1 Å². The highest BCUT2D eigenvalue weighted by molar-refractivity contribution is 7.09. The lowest BCUT2D eigenvalue weighted by molar-refractivity contribution is -0.122. The van der Waals surface area contributed by atoms with Crippen molar-refractivity contribution in [3.63, 3.8) is 0 Å². The molecule has 0 saturated carbocycles. The summed E-state index contributed by atoms with van der Waals surface area (Å²) in [5.74, 6) is 1.19. The lowest BCUT2D eigenvalue weighted by Crippen LogP contribution is -2.31. The van der Waals surface area contributed by atoms with Gasteiger partial charge in [0, 0.05) is 10.9 Å². The molecule has 1 amide bonds. The zero-order valence-corrected chi connectivity index (χ0v) is 15.3. The summed E-state index contributed by atoms with van der Waals surface area (Å²) in [5.41, 5.74) is 2.18. The molecule has 3 rings (SSSR count). The van der Waals surface area contributed by atoms with E-state index in [0.29, 0.717) is 12.4 Å². The molecule has 3 aromatic rings.